The highest BCUT2D eigenvalue weighted by molar-refractivity contribution is 5.96. The molecule has 1 aromatic rings. The molecule has 0 spiro atoms. The summed E-state index contributed by atoms with van der Waals surface area (Å²) in [5.74, 6) is -3.09. The molecule has 0 heterocycles. The highest BCUT2D eigenvalue weighted by atomic mass is 19.1. The predicted octanol–water partition coefficient (Wildman–Crippen LogP) is 1.20. The average Bonchev–Trinajstić information content (AvgIpc) is 2.30. The summed E-state index contributed by atoms with van der Waals surface area (Å²) in [7, 11) is 1.17. The fourth-order valence-electron chi connectivity index (χ4n) is 1.49. The second kappa shape index (κ2) is 5.42. The van der Waals surface area contributed by atoms with E-state index in [0.29, 0.717) is 0 Å². The van der Waals surface area contributed by atoms with Crippen molar-refractivity contribution in [2.45, 2.75) is 6.92 Å². The van der Waals surface area contributed by atoms with Crippen molar-refractivity contribution in [2.24, 2.45) is 0 Å². The van der Waals surface area contributed by atoms with Gasteiger partial charge in [-0.05, 0) is 12.5 Å². The number of rotatable bonds is 4. The SMILES string of the molecule is Cc1cc([N+](=O)[O-])cc(C(=O)N(C)CC(=O)O)c1F. The number of carbonyl (C=O) groups is 2. The maximum atomic E-state index is 13.8. The van der Waals surface area contributed by atoms with Gasteiger partial charge in [0.1, 0.15) is 12.4 Å². The largest absolute Gasteiger partial charge is 0.480 e. The third kappa shape index (κ3) is 3.24. The first-order chi connectivity index (χ1) is 8.73. The molecule has 7 nitrogen and oxygen atoms in total. The van der Waals surface area contributed by atoms with Crippen molar-refractivity contribution in [1.82, 2.24) is 4.90 Å². The van der Waals surface area contributed by atoms with Gasteiger partial charge in [-0.25, -0.2) is 4.39 Å². The molecular weight excluding hydrogens is 259 g/mol. The van der Waals surface area contributed by atoms with E-state index in [1.807, 2.05) is 0 Å². The molecule has 0 fully saturated rings. The van der Waals surface area contributed by atoms with Crippen LogP contribution in [0.25, 0.3) is 0 Å². The lowest BCUT2D eigenvalue weighted by atomic mass is 10.1. The Labute approximate surface area is 107 Å². The monoisotopic (exact) mass is 270 g/mol. The van der Waals surface area contributed by atoms with Gasteiger partial charge in [-0.15, -0.1) is 0 Å². The zero-order valence-corrected chi connectivity index (χ0v) is 10.2. The molecule has 19 heavy (non-hydrogen) atoms. The Bertz CT molecular complexity index is 558. The molecule has 0 saturated heterocycles. The number of halogens is 1. The van der Waals surface area contributed by atoms with Gasteiger partial charge in [-0.1, -0.05) is 0 Å². The van der Waals surface area contributed by atoms with Crippen LogP contribution in [0.1, 0.15) is 15.9 Å². The minimum atomic E-state index is -1.27. The van der Waals surface area contributed by atoms with Crippen LogP contribution < -0.4 is 0 Å². The van der Waals surface area contributed by atoms with Crippen LogP contribution in [0, 0.1) is 22.9 Å². The number of hydrogen-bond donors (Lipinski definition) is 1. The summed E-state index contributed by atoms with van der Waals surface area (Å²) in [5, 5.41) is 19.2. The quantitative estimate of drug-likeness (QED) is 0.654. The second-order valence-corrected chi connectivity index (χ2v) is 3.94. The highest BCUT2D eigenvalue weighted by Crippen LogP contribution is 2.22. The van der Waals surface area contributed by atoms with Gasteiger partial charge in [0.05, 0.1) is 10.5 Å². The van der Waals surface area contributed by atoms with Gasteiger partial charge in [0, 0.05) is 19.2 Å². The smallest absolute Gasteiger partial charge is 0.323 e. The van der Waals surface area contributed by atoms with Crippen molar-refractivity contribution in [3.63, 3.8) is 0 Å². The number of amides is 1. The molecule has 0 aliphatic heterocycles. The molecule has 0 aromatic heterocycles. The maximum Gasteiger partial charge on any atom is 0.323 e. The van der Waals surface area contributed by atoms with E-state index in [-0.39, 0.29) is 5.56 Å². The average molecular weight is 270 g/mol. The zero-order chi connectivity index (χ0) is 14.7. The molecule has 1 aromatic carbocycles. The molecule has 1 rings (SSSR count). The lowest BCUT2D eigenvalue weighted by Gasteiger charge is -2.15. The number of nitrogens with zero attached hydrogens (tertiary/aromatic N) is 2. The highest BCUT2D eigenvalue weighted by Gasteiger charge is 2.23. The number of carbonyl (C=O) groups excluding carboxylic acids is 1. The van der Waals surface area contributed by atoms with E-state index in [9.17, 15) is 24.1 Å². The molecule has 0 radical (unpaired) electrons. The fourth-order valence-corrected chi connectivity index (χ4v) is 1.49. The molecule has 102 valence electrons. The molecule has 8 heteroatoms. The van der Waals surface area contributed by atoms with Crippen molar-refractivity contribution in [2.75, 3.05) is 13.6 Å². The first-order valence-corrected chi connectivity index (χ1v) is 5.15. The fraction of sp³-hybridized carbons (Fsp3) is 0.273. The Morgan fingerprint density at radius 3 is 2.53 bits per heavy atom. The predicted molar refractivity (Wildman–Crippen MR) is 62.4 cm³/mol. The number of carboxylic acids is 1. The van der Waals surface area contributed by atoms with Gasteiger partial charge < -0.3 is 10.0 Å². The lowest BCUT2D eigenvalue weighted by Crippen LogP contribution is -2.32. The zero-order valence-electron chi connectivity index (χ0n) is 10.2. The summed E-state index contributed by atoms with van der Waals surface area (Å²) in [5.41, 5.74) is -0.997. The summed E-state index contributed by atoms with van der Waals surface area (Å²) in [6.07, 6.45) is 0. The third-order valence-corrected chi connectivity index (χ3v) is 2.40. The van der Waals surface area contributed by atoms with E-state index in [4.69, 9.17) is 5.11 Å². The number of hydrogen-bond acceptors (Lipinski definition) is 4. The van der Waals surface area contributed by atoms with Gasteiger partial charge in [0.15, 0.2) is 0 Å². The van der Waals surface area contributed by atoms with E-state index in [2.05, 4.69) is 0 Å². The van der Waals surface area contributed by atoms with Gasteiger partial charge >= 0.3 is 5.97 Å². The van der Waals surface area contributed by atoms with Crippen molar-refractivity contribution in [3.05, 3.63) is 39.2 Å². The van der Waals surface area contributed by atoms with Crippen LogP contribution >= 0.6 is 0 Å². The van der Waals surface area contributed by atoms with E-state index in [0.717, 1.165) is 17.0 Å². The summed E-state index contributed by atoms with van der Waals surface area (Å²) < 4.78 is 13.8. The minimum absolute atomic E-state index is 0.0544. The summed E-state index contributed by atoms with van der Waals surface area (Å²) >= 11 is 0. The second-order valence-electron chi connectivity index (χ2n) is 3.94. The van der Waals surface area contributed by atoms with Crippen molar-refractivity contribution in [1.29, 1.82) is 0 Å². The molecule has 0 aliphatic carbocycles. The van der Waals surface area contributed by atoms with Gasteiger partial charge in [0.2, 0.25) is 0 Å². The molecule has 1 N–H and O–H groups in total. The number of nitro benzene ring substituents is 1. The number of non-ortho nitro benzene ring substituents is 1. The van der Waals surface area contributed by atoms with Gasteiger partial charge in [0.25, 0.3) is 11.6 Å². The molecule has 0 atom stereocenters. The Morgan fingerprint density at radius 2 is 2.05 bits per heavy atom. The number of aliphatic carboxylic acids is 1. The van der Waals surface area contributed by atoms with E-state index in [1.165, 1.54) is 14.0 Å². The molecule has 0 unspecified atom stereocenters. The minimum Gasteiger partial charge on any atom is -0.480 e. The number of carboxylic acid groups (broad SMARTS) is 1. The number of likely N-dealkylation sites (N-methyl/N-ethyl adjacent to an activating group) is 1. The van der Waals surface area contributed by atoms with E-state index >= 15 is 0 Å². The summed E-state index contributed by atoms with van der Waals surface area (Å²) in [4.78, 5) is 33.0. The Balaban J connectivity index is 3.22. The molecule has 0 bridgehead atoms. The maximum absolute atomic E-state index is 13.8. The molecular formula is C11H11FN2O5. The number of aryl methyl sites for hydroxylation is 1. The first kappa shape index (κ1) is 14.6. The van der Waals surface area contributed by atoms with Crippen LogP contribution in [0.15, 0.2) is 12.1 Å². The van der Waals surface area contributed by atoms with Crippen LogP contribution in [-0.2, 0) is 4.79 Å². The molecule has 0 saturated carbocycles. The Kier molecular flexibility index (Phi) is 4.15. The van der Waals surface area contributed by atoms with E-state index in [1.54, 1.807) is 0 Å². The van der Waals surface area contributed by atoms with E-state index < -0.39 is 40.4 Å². The number of benzene rings is 1. The summed E-state index contributed by atoms with van der Waals surface area (Å²) in [6.45, 7) is 0.663. The van der Waals surface area contributed by atoms with Gasteiger partial charge in [-0.2, -0.15) is 0 Å². The third-order valence-electron chi connectivity index (χ3n) is 2.40. The molecule has 0 aliphatic rings. The Hall–Kier alpha value is -2.51. The van der Waals surface area contributed by atoms with Crippen LogP contribution in [0.3, 0.4) is 0 Å². The number of nitro groups is 1. The van der Waals surface area contributed by atoms with Crippen LogP contribution in [0.2, 0.25) is 0 Å². The topological polar surface area (TPSA) is 101 Å². The van der Waals surface area contributed by atoms with Crippen molar-refractivity contribution in [3.8, 4) is 0 Å². The van der Waals surface area contributed by atoms with Crippen molar-refractivity contribution >= 4 is 17.6 Å². The summed E-state index contributed by atoms with van der Waals surface area (Å²) in [6, 6.07) is 1.80. The lowest BCUT2D eigenvalue weighted by molar-refractivity contribution is -0.385. The molecule has 1 amide bonds. The van der Waals surface area contributed by atoms with Crippen molar-refractivity contribution < 1.29 is 24.0 Å². The normalized spacial score (nSPS) is 10.1. The first-order valence-electron chi connectivity index (χ1n) is 5.15. The Morgan fingerprint density at radius 1 is 1.47 bits per heavy atom. The van der Waals surface area contributed by atoms with Crippen LogP contribution in [0.4, 0.5) is 10.1 Å². The van der Waals surface area contributed by atoms with Crippen LogP contribution in [-0.4, -0.2) is 40.4 Å². The van der Waals surface area contributed by atoms with Crippen LogP contribution in [0.5, 0.6) is 0 Å². The standard InChI is InChI=1S/C11H11FN2O5/c1-6-3-7(14(18)19)4-8(10(6)12)11(17)13(2)5-9(15)16/h3-4H,5H2,1-2H3,(H,15,16). The van der Waals surface area contributed by atoms with Gasteiger partial charge in [-0.3, -0.25) is 19.7 Å².